The average Bonchev–Trinajstić information content (AvgIpc) is 2.66. The highest BCUT2D eigenvalue weighted by Crippen LogP contribution is 2.13. The number of carbonyl (C=O) groups is 2. The van der Waals surface area contributed by atoms with Crippen LogP contribution in [-0.2, 0) is 16.0 Å². The summed E-state index contributed by atoms with van der Waals surface area (Å²) in [5.41, 5.74) is 1.95. The normalized spacial score (nSPS) is 10.6. The molecule has 0 saturated heterocycles. The highest BCUT2D eigenvalue weighted by Gasteiger charge is 2.16. The molecule has 0 radical (unpaired) electrons. The van der Waals surface area contributed by atoms with E-state index in [4.69, 9.17) is 0 Å². The molecule has 2 N–H and O–H groups in total. The molecule has 0 aliphatic carbocycles. The number of benzene rings is 2. The quantitative estimate of drug-likeness (QED) is 0.722. The second-order valence-corrected chi connectivity index (χ2v) is 6.39. The Morgan fingerprint density at radius 1 is 1.07 bits per heavy atom. The molecule has 7 nitrogen and oxygen atoms in total. The summed E-state index contributed by atoms with van der Waals surface area (Å²) in [6, 6.07) is 14.4. The van der Waals surface area contributed by atoms with E-state index in [1.807, 2.05) is 31.2 Å². The van der Waals surface area contributed by atoms with Crippen molar-refractivity contribution < 1.29 is 9.59 Å². The molecule has 27 heavy (non-hydrogen) atoms. The Hall–Kier alpha value is -3.48. The van der Waals surface area contributed by atoms with Crippen LogP contribution in [0, 0.1) is 6.92 Å². The monoisotopic (exact) mass is 364 g/mol. The van der Waals surface area contributed by atoms with Crippen LogP contribution in [0.2, 0.25) is 0 Å². The van der Waals surface area contributed by atoms with Crippen molar-refractivity contribution in [1.29, 1.82) is 0 Å². The van der Waals surface area contributed by atoms with Crippen molar-refractivity contribution in [3.05, 3.63) is 70.1 Å². The molecule has 0 unspecified atom stereocenters. The van der Waals surface area contributed by atoms with Crippen molar-refractivity contribution in [3.8, 4) is 0 Å². The van der Waals surface area contributed by atoms with Crippen LogP contribution in [0.1, 0.15) is 11.3 Å². The third-order valence-corrected chi connectivity index (χ3v) is 4.24. The highest BCUT2D eigenvalue weighted by molar-refractivity contribution is 5.95. The van der Waals surface area contributed by atoms with Crippen LogP contribution >= 0.6 is 0 Å². The summed E-state index contributed by atoms with van der Waals surface area (Å²) in [7, 11) is 1.56. The molecule has 0 aliphatic rings. The minimum Gasteiger partial charge on any atom is -0.336 e. The second-order valence-electron chi connectivity index (χ2n) is 6.39. The lowest BCUT2D eigenvalue weighted by Crippen LogP contribution is -2.36. The lowest BCUT2D eigenvalue weighted by molar-refractivity contribution is -0.132. The number of rotatable bonds is 5. The SMILES string of the molecule is Cc1ccc(NC(=O)CN(C)C(=O)Cc2n[nH]c(=O)c3ccccc23)cc1. The lowest BCUT2D eigenvalue weighted by Gasteiger charge is -2.17. The van der Waals surface area contributed by atoms with Crippen LogP contribution in [0.3, 0.4) is 0 Å². The molecule has 138 valence electrons. The first-order valence-electron chi connectivity index (χ1n) is 8.51. The predicted molar refractivity (Wildman–Crippen MR) is 104 cm³/mol. The zero-order valence-corrected chi connectivity index (χ0v) is 15.2. The number of hydrogen-bond acceptors (Lipinski definition) is 4. The Labute approximate surface area is 156 Å². The van der Waals surface area contributed by atoms with Gasteiger partial charge >= 0.3 is 0 Å². The molecule has 1 heterocycles. The lowest BCUT2D eigenvalue weighted by atomic mass is 10.1. The van der Waals surface area contributed by atoms with E-state index in [-0.39, 0.29) is 30.3 Å². The van der Waals surface area contributed by atoms with Gasteiger partial charge in [0.1, 0.15) is 0 Å². The van der Waals surface area contributed by atoms with Crippen LogP contribution < -0.4 is 10.9 Å². The van der Waals surface area contributed by atoms with Gasteiger partial charge in [-0.05, 0) is 25.1 Å². The van der Waals surface area contributed by atoms with Gasteiger partial charge in [-0.1, -0.05) is 35.9 Å². The fourth-order valence-electron chi connectivity index (χ4n) is 2.73. The molecule has 0 spiro atoms. The Balaban J connectivity index is 1.66. The van der Waals surface area contributed by atoms with Crippen LogP contribution in [0.25, 0.3) is 10.8 Å². The molecular formula is C20H20N4O3. The maximum atomic E-state index is 12.5. The van der Waals surface area contributed by atoms with Gasteiger partial charge in [-0.15, -0.1) is 0 Å². The number of nitrogens with zero attached hydrogens (tertiary/aromatic N) is 2. The molecule has 0 aliphatic heterocycles. The number of nitrogens with one attached hydrogen (secondary N) is 2. The minimum absolute atomic E-state index is 0.00833. The first-order chi connectivity index (χ1) is 12.9. The molecule has 3 rings (SSSR count). The van der Waals surface area contributed by atoms with Crippen molar-refractivity contribution in [2.75, 3.05) is 18.9 Å². The number of carbonyl (C=O) groups excluding carboxylic acids is 2. The molecule has 0 atom stereocenters. The van der Waals surface area contributed by atoms with Crippen molar-refractivity contribution >= 4 is 28.3 Å². The number of aryl methyl sites for hydroxylation is 1. The standard InChI is InChI=1S/C20H20N4O3/c1-13-7-9-14(10-8-13)21-18(25)12-24(2)19(26)11-17-15-5-3-4-6-16(15)20(27)23-22-17/h3-10H,11-12H2,1-2H3,(H,21,25)(H,23,27). The minimum atomic E-state index is -0.298. The number of amides is 2. The summed E-state index contributed by atoms with van der Waals surface area (Å²) < 4.78 is 0. The van der Waals surface area contributed by atoms with Gasteiger partial charge in [-0.25, -0.2) is 5.10 Å². The Morgan fingerprint density at radius 3 is 2.44 bits per heavy atom. The Kier molecular flexibility index (Phi) is 5.30. The molecule has 7 heteroatoms. The summed E-state index contributed by atoms with van der Waals surface area (Å²) in [5.74, 6) is -0.548. The number of hydrogen-bond donors (Lipinski definition) is 2. The fraction of sp³-hybridized carbons (Fsp3) is 0.200. The zero-order chi connectivity index (χ0) is 19.4. The summed E-state index contributed by atoms with van der Waals surface area (Å²) in [6.07, 6.45) is -0.00833. The Bertz CT molecular complexity index is 1040. The molecule has 0 saturated carbocycles. The van der Waals surface area contributed by atoms with Gasteiger partial charge in [0.2, 0.25) is 11.8 Å². The van der Waals surface area contributed by atoms with Crippen LogP contribution in [0.4, 0.5) is 5.69 Å². The van der Waals surface area contributed by atoms with Gasteiger partial charge < -0.3 is 10.2 Å². The topological polar surface area (TPSA) is 95.2 Å². The van der Waals surface area contributed by atoms with Gasteiger partial charge in [0, 0.05) is 18.1 Å². The van der Waals surface area contributed by atoms with E-state index in [1.54, 1.807) is 31.3 Å². The smallest absolute Gasteiger partial charge is 0.272 e. The van der Waals surface area contributed by atoms with Crippen LogP contribution in [0.15, 0.2) is 53.3 Å². The van der Waals surface area contributed by atoms with Crippen molar-refractivity contribution in [3.63, 3.8) is 0 Å². The molecule has 0 fully saturated rings. The van der Waals surface area contributed by atoms with Gasteiger partial charge in [0.05, 0.1) is 24.0 Å². The highest BCUT2D eigenvalue weighted by atomic mass is 16.2. The van der Waals surface area contributed by atoms with E-state index in [9.17, 15) is 14.4 Å². The maximum absolute atomic E-state index is 12.5. The number of aromatic amines is 1. The largest absolute Gasteiger partial charge is 0.336 e. The first-order valence-corrected chi connectivity index (χ1v) is 8.51. The summed E-state index contributed by atoms with van der Waals surface area (Å²) in [6.45, 7) is 1.89. The third-order valence-electron chi connectivity index (χ3n) is 4.24. The number of fused-ring (bicyclic) bond motifs is 1. The number of anilines is 1. The molecular weight excluding hydrogens is 344 g/mol. The van der Waals surface area contributed by atoms with Crippen molar-refractivity contribution in [1.82, 2.24) is 15.1 Å². The van der Waals surface area contributed by atoms with E-state index in [0.717, 1.165) is 5.56 Å². The van der Waals surface area contributed by atoms with Gasteiger partial charge in [-0.3, -0.25) is 14.4 Å². The van der Waals surface area contributed by atoms with Crippen molar-refractivity contribution in [2.24, 2.45) is 0 Å². The molecule has 2 aromatic carbocycles. The van der Waals surface area contributed by atoms with Gasteiger partial charge in [0.15, 0.2) is 0 Å². The van der Waals surface area contributed by atoms with E-state index in [2.05, 4.69) is 15.5 Å². The van der Waals surface area contributed by atoms with E-state index < -0.39 is 0 Å². The van der Waals surface area contributed by atoms with Gasteiger partial charge in [-0.2, -0.15) is 5.10 Å². The first kappa shape index (κ1) is 18.3. The fourth-order valence-corrected chi connectivity index (χ4v) is 2.73. The molecule has 0 bridgehead atoms. The van der Waals surface area contributed by atoms with Crippen LogP contribution in [-0.4, -0.2) is 40.5 Å². The number of aromatic nitrogens is 2. The second kappa shape index (κ2) is 7.82. The molecule has 3 aromatic rings. The van der Waals surface area contributed by atoms with E-state index >= 15 is 0 Å². The van der Waals surface area contributed by atoms with Crippen molar-refractivity contribution in [2.45, 2.75) is 13.3 Å². The van der Waals surface area contributed by atoms with Crippen LogP contribution in [0.5, 0.6) is 0 Å². The van der Waals surface area contributed by atoms with E-state index in [1.165, 1.54) is 4.90 Å². The third kappa shape index (κ3) is 4.38. The predicted octanol–water partition coefficient (Wildman–Crippen LogP) is 1.87. The zero-order valence-electron chi connectivity index (χ0n) is 15.2. The maximum Gasteiger partial charge on any atom is 0.272 e. The summed E-state index contributed by atoms with van der Waals surface area (Å²) in [5, 5.41) is 10.3. The van der Waals surface area contributed by atoms with Gasteiger partial charge in [0.25, 0.3) is 5.56 Å². The number of H-pyrrole nitrogens is 1. The van der Waals surface area contributed by atoms with E-state index in [0.29, 0.717) is 22.2 Å². The summed E-state index contributed by atoms with van der Waals surface area (Å²) >= 11 is 0. The molecule has 1 aromatic heterocycles. The molecule has 2 amide bonds. The number of likely N-dealkylation sites (N-methyl/N-ethyl adjacent to an activating group) is 1. The Morgan fingerprint density at radius 2 is 1.74 bits per heavy atom. The average molecular weight is 364 g/mol. The summed E-state index contributed by atoms with van der Waals surface area (Å²) in [4.78, 5) is 37.8.